The number of ether oxygens (including phenoxy) is 2. The van der Waals surface area contributed by atoms with E-state index in [1.54, 1.807) is 6.07 Å². The number of benzene rings is 2. The van der Waals surface area contributed by atoms with Crippen LogP contribution < -0.4 is 14.9 Å². The van der Waals surface area contributed by atoms with Crippen molar-refractivity contribution < 1.29 is 23.0 Å². The fourth-order valence-electron chi connectivity index (χ4n) is 2.01. The molecule has 1 amide bonds. The van der Waals surface area contributed by atoms with Crippen LogP contribution in [0.2, 0.25) is 0 Å². The zero-order valence-electron chi connectivity index (χ0n) is 14.0. The molecule has 1 N–H and O–H groups in total. The summed E-state index contributed by atoms with van der Waals surface area (Å²) in [5.74, 6) is -1.19. The Labute approximate surface area is 144 Å². The third kappa shape index (κ3) is 4.76. The second-order valence-electron chi connectivity index (χ2n) is 5.37. The number of hydrogen-bond donors (Lipinski definition) is 1. The fourth-order valence-corrected chi connectivity index (χ4v) is 2.01. The molecule has 0 bridgehead atoms. The van der Waals surface area contributed by atoms with Crippen LogP contribution >= 0.6 is 0 Å². The summed E-state index contributed by atoms with van der Waals surface area (Å²) >= 11 is 0. The van der Waals surface area contributed by atoms with E-state index in [1.807, 2.05) is 13.8 Å². The highest BCUT2D eigenvalue weighted by Gasteiger charge is 2.12. The smallest absolute Gasteiger partial charge is 0.271 e. The second kappa shape index (κ2) is 8.23. The molecule has 2 rings (SSSR count). The topological polar surface area (TPSA) is 59.9 Å². The lowest BCUT2D eigenvalue weighted by atomic mass is 10.2. The molecule has 2 aromatic carbocycles. The molecule has 132 valence electrons. The van der Waals surface area contributed by atoms with E-state index >= 15 is 0 Å². The molecule has 2 aromatic rings. The van der Waals surface area contributed by atoms with Crippen LogP contribution in [0.25, 0.3) is 0 Å². The largest absolute Gasteiger partial charge is 0.493 e. The summed E-state index contributed by atoms with van der Waals surface area (Å²) < 4.78 is 37.7. The number of nitrogens with zero attached hydrogens (tertiary/aromatic N) is 1. The van der Waals surface area contributed by atoms with Crippen molar-refractivity contribution >= 4 is 12.1 Å². The highest BCUT2D eigenvalue weighted by atomic mass is 19.1. The Kier molecular flexibility index (Phi) is 6.05. The van der Waals surface area contributed by atoms with Gasteiger partial charge in [0.25, 0.3) is 5.91 Å². The number of hydrazone groups is 1. The average molecular weight is 348 g/mol. The van der Waals surface area contributed by atoms with Crippen molar-refractivity contribution in [1.29, 1.82) is 0 Å². The van der Waals surface area contributed by atoms with E-state index in [9.17, 15) is 13.6 Å². The Bertz CT molecular complexity index is 772. The molecule has 0 fully saturated rings. The van der Waals surface area contributed by atoms with E-state index in [4.69, 9.17) is 9.47 Å². The first-order chi connectivity index (χ1) is 11.9. The summed E-state index contributed by atoms with van der Waals surface area (Å²) in [5.41, 5.74) is 2.14. The highest BCUT2D eigenvalue weighted by Crippen LogP contribution is 2.28. The van der Waals surface area contributed by atoms with Gasteiger partial charge in [0.2, 0.25) is 0 Å². The van der Waals surface area contributed by atoms with Gasteiger partial charge in [0.15, 0.2) is 11.5 Å². The highest BCUT2D eigenvalue weighted by molar-refractivity contribution is 5.95. The molecule has 0 radical (unpaired) electrons. The Morgan fingerprint density at radius 1 is 1.16 bits per heavy atom. The lowest BCUT2D eigenvalue weighted by molar-refractivity contribution is 0.0954. The molecule has 0 saturated carbocycles. The molecule has 25 heavy (non-hydrogen) atoms. The number of halogens is 2. The summed E-state index contributed by atoms with van der Waals surface area (Å²) in [5, 5.41) is 3.59. The first kappa shape index (κ1) is 18.4. The zero-order chi connectivity index (χ0) is 18.4. The second-order valence-corrected chi connectivity index (χ2v) is 5.37. The summed E-state index contributed by atoms with van der Waals surface area (Å²) in [7, 11) is 1.46. The molecular formula is C18H18F2N2O3. The van der Waals surface area contributed by atoms with Gasteiger partial charge < -0.3 is 9.47 Å². The normalized spacial score (nSPS) is 11.0. The molecule has 0 unspecified atom stereocenters. The zero-order valence-corrected chi connectivity index (χ0v) is 14.0. The Morgan fingerprint density at radius 3 is 2.44 bits per heavy atom. The Hall–Kier alpha value is -2.96. The van der Waals surface area contributed by atoms with Gasteiger partial charge in [0, 0.05) is 5.56 Å². The molecule has 0 aliphatic heterocycles. The Morgan fingerprint density at radius 2 is 1.84 bits per heavy atom. The maximum absolute atomic E-state index is 13.5. The van der Waals surface area contributed by atoms with Crippen LogP contribution in [0.3, 0.4) is 0 Å². The minimum absolute atomic E-state index is 0.0474. The molecule has 5 nitrogen and oxygen atoms in total. The van der Waals surface area contributed by atoms with Gasteiger partial charge in [-0.15, -0.1) is 0 Å². The van der Waals surface area contributed by atoms with E-state index in [1.165, 1.54) is 25.3 Å². The van der Waals surface area contributed by atoms with Crippen molar-refractivity contribution in [2.75, 3.05) is 7.11 Å². The van der Waals surface area contributed by atoms with Gasteiger partial charge in [-0.3, -0.25) is 4.79 Å². The third-order valence-electron chi connectivity index (χ3n) is 3.15. The van der Waals surface area contributed by atoms with E-state index < -0.39 is 17.5 Å². The number of methoxy groups -OCH3 is 1. The predicted octanol–water partition coefficient (Wildman–Crippen LogP) is 3.52. The Balaban J connectivity index is 2.12. The maximum atomic E-state index is 13.5. The molecule has 0 aliphatic rings. The molecule has 0 heterocycles. The van der Waals surface area contributed by atoms with E-state index in [-0.39, 0.29) is 17.2 Å². The lowest BCUT2D eigenvalue weighted by Crippen LogP contribution is -2.18. The number of hydrogen-bond acceptors (Lipinski definition) is 4. The van der Waals surface area contributed by atoms with Crippen LogP contribution in [0.4, 0.5) is 8.78 Å². The SMILES string of the molecule is COc1cc(C(=O)N/N=C\c2c(F)cccc2F)ccc1OC(C)C. The standard InChI is InChI=1S/C18H18F2N2O3/c1-11(2)25-16-8-7-12(9-17(16)24-3)18(23)22-21-10-13-14(19)5-4-6-15(13)20/h4-11H,1-3H3,(H,22,23)/b21-10-. The fraction of sp³-hybridized carbons (Fsp3) is 0.222. The predicted molar refractivity (Wildman–Crippen MR) is 90.2 cm³/mol. The van der Waals surface area contributed by atoms with Gasteiger partial charge in [0.1, 0.15) is 11.6 Å². The van der Waals surface area contributed by atoms with Gasteiger partial charge in [0.05, 0.1) is 25.0 Å². The minimum Gasteiger partial charge on any atom is -0.493 e. The first-order valence-corrected chi connectivity index (χ1v) is 7.54. The summed E-state index contributed by atoms with van der Waals surface area (Å²) in [6, 6.07) is 8.08. The maximum Gasteiger partial charge on any atom is 0.271 e. The van der Waals surface area contributed by atoms with Crippen molar-refractivity contribution in [3.8, 4) is 11.5 Å². The average Bonchev–Trinajstić information content (AvgIpc) is 2.57. The van der Waals surface area contributed by atoms with Gasteiger partial charge in [-0.2, -0.15) is 5.10 Å². The van der Waals surface area contributed by atoms with Crippen LogP contribution in [0.5, 0.6) is 11.5 Å². The van der Waals surface area contributed by atoms with Crippen molar-refractivity contribution in [1.82, 2.24) is 5.43 Å². The summed E-state index contributed by atoms with van der Waals surface area (Å²) in [6.07, 6.45) is 0.865. The van der Waals surface area contributed by atoms with Crippen molar-refractivity contribution in [3.05, 3.63) is 59.2 Å². The van der Waals surface area contributed by atoms with Crippen LogP contribution in [-0.4, -0.2) is 25.3 Å². The van der Waals surface area contributed by atoms with Crippen LogP contribution in [-0.2, 0) is 0 Å². The number of amides is 1. The van der Waals surface area contributed by atoms with Gasteiger partial charge in [-0.05, 0) is 44.2 Å². The lowest BCUT2D eigenvalue weighted by Gasteiger charge is -2.14. The van der Waals surface area contributed by atoms with E-state index in [0.717, 1.165) is 18.3 Å². The summed E-state index contributed by atoms with van der Waals surface area (Å²) in [6.45, 7) is 3.74. The van der Waals surface area contributed by atoms with Crippen LogP contribution in [0, 0.1) is 11.6 Å². The number of nitrogens with one attached hydrogen (secondary N) is 1. The summed E-state index contributed by atoms with van der Waals surface area (Å²) in [4.78, 5) is 12.1. The van der Waals surface area contributed by atoms with Crippen LogP contribution in [0.15, 0.2) is 41.5 Å². The molecular weight excluding hydrogens is 330 g/mol. The molecule has 7 heteroatoms. The van der Waals surface area contributed by atoms with E-state index in [2.05, 4.69) is 10.5 Å². The van der Waals surface area contributed by atoms with Crippen molar-refractivity contribution in [3.63, 3.8) is 0 Å². The number of carbonyl (C=O) groups excluding carboxylic acids is 1. The van der Waals surface area contributed by atoms with E-state index in [0.29, 0.717) is 11.5 Å². The first-order valence-electron chi connectivity index (χ1n) is 7.54. The molecule has 0 aliphatic carbocycles. The van der Waals surface area contributed by atoms with Gasteiger partial charge >= 0.3 is 0 Å². The van der Waals surface area contributed by atoms with Gasteiger partial charge in [-0.1, -0.05) is 6.07 Å². The van der Waals surface area contributed by atoms with Crippen LogP contribution in [0.1, 0.15) is 29.8 Å². The van der Waals surface area contributed by atoms with Crippen molar-refractivity contribution in [2.24, 2.45) is 5.10 Å². The molecule has 0 aromatic heterocycles. The number of rotatable bonds is 6. The monoisotopic (exact) mass is 348 g/mol. The minimum atomic E-state index is -0.769. The number of carbonyl (C=O) groups is 1. The van der Waals surface area contributed by atoms with Gasteiger partial charge in [-0.25, -0.2) is 14.2 Å². The van der Waals surface area contributed by atoms with Crippen molar-refractivity contribution in [2.45, 2.75) is 20.0 Å². The molecule has 0 spiro atoms. The molecule has 0 atom stereocenters. The quantitative estimate of drug-likeness (QED) is 0.642. The third-order valence-corrected chi connectivity index (χ3v) is 3.15. The molecule has 0 saturated heterocycles.